The first-order valence-electron chi connectivity index (χ1n) is 9.14. The number of anilines is 1. The number of rotatable bonds is 5. The molecule has 1 N–H and O–H groups in total. The highest BCUT2D eigenvalue weighted by Crippen LogP contribution is 2.15. The van der Waals surface area contributed by atoms with Gasteiger partial charge in [-0.25, -0.2) is 15.0 Å². The van der Waals surface area contributed by atoms with Crippen LogP contribution in [0.4, 0.5) is 5.95 Å². The van der Waals surface area contributed by atoms with E-state index in [0.717, 1.165) is 10.1 Å². The number of imidazole rings is 1. The van der Waals surface area contributed by atoms with Gasteiger partial charge in [-0.3, -0.25) is 13.9 Å². The summed E-state index contributed by atoms with van der Waals surface area (Å²) in [5, 5.41) is 4.13. The van der Waals surface area contributed by atoms with Crippen molar-refractivity contribution >= 4 is 29.3 Å². The highest BCUT2D eigenvalue weighted by Gasteiger charge is 2.16. The van der Waals surface area contributed by atoms with Crippen LogP contribution in [0.2, 0.25) is 0 Å². The number of nitrogens with zero attached hydrogens (tertiary/aromatic N) is 5. The van der Waals surface area contributed by atoms with Crippen molar-refractivity contribution in [3.8, 4) is 5.75 Å². The zero-order valence-electron chi connectivity index (χ0n) is 16.9. The van der Waals surface area contributed by atoms with E-state index in [1.165, 1.54) is 34.7 Å². The van der Waals surface area contributed by atoms with Crippen LogP contribution < -0.4 is 21.4 Å². The van der Waals surface area contributed by atoms with Gasteiger partial charge in [-0.15, -0.1) is 0 Å². The molecule has 4 aromatic rings. The summed E-state index contributed by atoms with van der Waals surface area (Å²) in [6.07, 6.45) is 2.93. The highest BCUT2D eigenvalue weighted by atomic mass is 16.5. The van der Waals surface area contributed by atoms with Gasteiger partial charge >= 0.3 is 11.7 Å². The van der Waals surface area contributed by atoms with E-state index in [-0.39, 0.29) is 16.9 Å². The minimum absolute atomic E-state index is 0.115. The molecule has 11 heteroatoms. The summed E-state index contributed by atoms with van der Waals surface area (Å²) >= 11 is 0. The molecule has 0 atom stereocenters. The maximum Gasteiger partial charge on any atom is 0.379 e. The molecular formula is C20H18N6O5. The van der Waals surface area contributed by atoms with Gasteiger partial charge in [0.1, 0.15) is 5.75 Å². The van der Waals surface area contributed by atoms with Crippen LogP contribution in [-0.4, -0.2) is 30.9 Å². The number of hydrogen-bond acceptors (Lipinski definition) is 8. The first-order valence-corrected chi connectivity index (χ1v) is 9.14. The minimum atomic E-state index is -0.588. The summed E-state index contributed by atoms with van der Waals surface area (Å²) in [4.78, 5) is 40.6. The van der Waals surface area contributed by atoms with E-state index < -0.39 is 17.2 Å². The van der Waals surface area contributed by atoms with Gasteiger partial charge in [0, 0.05) is 21.1 Å². The van der Waals surface area contributed by atoms with Crippen molar-refractivity contribution in [2.24, 2.45) is 26.2 Å². The SMILES string of the molecule is Cn1c(=O)c2c(nc(N/N=C\c3ccc(OC(=O)c4ccco4)cc3)n2C)n(C)c1=O. The molecule has 3 aromatic heterocycles. The smallest absolute Gasteiger partial charge is 0.379 e. The fraction of sp³-hybridized carbons (Fsp3) is 0.150. The lowest BCUT2D eigenvalue weighted by Gasteiger charge is -2.03. The standard InChI is InChI=1S/C20H18N6O5/c1-24-15-16(25(2)20(29)26(3)17(15)27)22-19(24)23-21-11-12-6-8-13(9-7-12)31-18(28)14-5-4-10-30-14/h4-11H,1-3H3,(H,22,23)/b21-11-. The van der Waals surface area contributed by atoms with Crippen LogP contribution in [0.25, 0.3) is 11.2 Å². The summed E-state index contributed by atoms with van der Waals surface area (Å²) in [7, 11) is 4.61. The number of esters is 1. The third-order valence-electron chi connectivity index (χ3n) is 4.67. The van der Waals surface area contributed by atoms with Gasteiger partial charge in [-0.2, -0.15) is 10.1 Å². The molecule has 0 bridgehead atoms. The number of aryl methyl sites for hydroxylation is 2. The van der Waals surface area contributed by atoms with Crippen LogP contribution in [0.3, 0.4) is 0 Å². The number of hydrogen-bond donors (Lipinski definition) is 1. The highest BCUT2D eigenvalue weighted by molar-refractivity contribution is 5.88. The number of nitrogens with one attached hydrogen (secondary N) is 1. The maximum absolute atomic E-state index is 12.4. The summed E-state index contributed by atoms with van der Waals surface area (Å²) in [6.45, 7) is 0. The van der Waals surface area contributed by atoms with Crippen molar-refractivity contribution < 1.29 is 13.9 Å². The first kappa shape index (κ1) is 19.9. The monoisotopic (exact) mass is 422 g/mol. The average molecular weight is 422 g/mol. The summed E-state index contributed by atoms with van der Waals surface area (Å²) in [5.74, 6) is 0.187. The van der Waals surface area contributed by atoms with Gasteiger partial charge in [0.15, 0.2) is 11.2 Å². The van der Waals surface area contributed by atoms with E-state index in [1.54, 1.807) is 44.4 Å². The van der Waals surface area contributed by atoms with Crippen LogP contribution in [0, 0.1) is 0 Å². The second-order valence-electron chi connectivity index (χ2n) is 6.68. The number of carbonyl (C=O) groups excluding carboxylic acids is 1. The second-order valence-corrected chi connectivity index (χ2v) is 6.68. The van der Waals surface area contributed by atoms with Crippen molar-refractivity contribution in [3.63, 3.8) is 0 Å². The van der Waals surface area contributed by atoms with Crippen molar-refractivity contribution in [3.05, 3.63) is 74.8 Å². The first-order chi connectivity index (χ1) is 14.9. The molecule has 0 unspecified atom stereocenters. The van der Waals surface area contributed by atoms with Gasteiger partial charge < -0.3 is 13.7 Å². The Labute approximate surface area is 174 Å². The zero-order chi connectivity index (χ0) is 22.1. The summed E-state index contributed by atoms with van der Waals surface area (Å²) in [6, 6.07) is 9.79. The third kappa shape index (κ3) is 3.64. The number of furan rings is 1. The van der Waals surface area contributed by atoms with Crippen molar-refractivity contribution in [2.45, 2.75) is 0 Å². The van der Waals surface area contributed by atoms with Gasteiger partial charge in [-0.1, -0.05) is 0 Å². The molecule has 31 heavy (non-hydrogen) atoms. The zero-order valence-corrected chi connectivity index (χ0v) is 16.9. The predicted octanol–water partition coefficient (Wildman–Crippen LogP) is 1.23. The van der Waals surface area contributed by atoms with E-state index >= 15 is 0 Å². The van der Waals surface area contributed by atoms with Crippen molar-refractivity contribution in [1.82, 2.24) is 18.7 Å². The number of carbonyl (C=O) groups is 1. The molecule has 4 rings (SSSR count). The minimum Gasteiger partial charge on any atom is -0.457 e. The Bertz CT molecular complexity index is 1410. The van der Waals surface area contributed by atoms with Crippen LogP contribution in [-0.2, 0) is 21.1 Å². The fourth-order valence-electron chi connectivity index (χ4n) is 2.96. The normalized spacial score (nSPS) is 11.3. The molecule has 0 fully saturated rings. The summed E-state index contributed by atoms with van der Waals surface area (Å²) < 4.78 is 14.1. The Balaban J connectivity index is 1.49. The number of fused-ring (bicyclic) bond motifs is 1. The second kappa shape index (κ2) is 7.78. The Morgan fingerprint density at radius 1 is 1.10 bits per heavy atom. The van der Waals surface area contributed by atoms with Gasteiger partial charge in [0.05, 0.1) is 12.5 Å². The lowest BCUT2D eigenvalue weighted by atomic mass is 10.2. The van der Waals surface area contributed by atoms with E-state index in [9.17, 15) is 14.4 Å². The van der Waals surface area contributed by atoms with Gasteiger partial charge in [0.2, 0.25) is 11.7 Å². The van der Waals surface area contributed by atoms with Gasteiger partial charge in [-0.05, 0) is 42.0 Å². The number of hydrazone groups is 1. The molecule has 0 saturated heterocycles. The molecule has 0 amide bonds. The Morgan fingerprint density at radius 3 is 2.52 bits per heavy atom. The summed E-state index contributed by atoms with van der Waals surface area (Å²) in [5.41, 5.74) is 3.14. The van der Waals surface area contributed by atoms with E-state index in [4.69, 9.17) is 9.15 Å². The van der Waals surface area contributed by atoms with Crippen LogP contribution in [0.5, 0.6) is 5.75 Å². The topological polar surface area (TPSA) is 126 Å². The fourth-order valence-corrected chi connectivity index (χ4v) is 2.96. The van der Waals surface area contributed by atoms with E-state index in [2.05, 4.69) is 15.5 Å². The third-order valence-corrected chi connectivity index (χ3v) is 4.67. The molecule has 0 radical (unpaired) electrons. The van der Waals surface area contributed by atoms with Crippen LogP contribution in [0.15, 0.2) is 61.8 Å². The molecule has 0 aliphatic rings. The quantitative estimate of drug-likeness (QED) is 0.222. The number of benzene rings is 1. The van der Waals surface area contributed by atoms with Gasteiger partial charge in [0.25, 0.3) is 5.56 Å². The molecule has 0 saturated carbocycles. The molecule has 1 aromatic carbocycles. The predicted molar refractivity (Wildman–Crippen MR) is 113 cm³/mol. The number of ether oxygens (including phenoxy) is 1. The molecule has 3 heterocycles. The maximum atomic E-state index is 12.4. The average Bonchev–Trinajstić information content (AvgIpc) is 3.41. The molecule has 0 aliphatic carbocycles. The molecule has 0 aliphatic heterocycles. The van der Waals surface area contributed by atoms with E-state index in [0.29, 0.717) is 11.7 Å². The molecular weight excluding hydrogens is 404 g/mol. The Kier molecular flexibility index (Phi) is 4.99. The van der Waals surface area contributed by atoms with Crippen LogP contribution >= 0.6 is 0 Å². The Hall–Kier alpha value is -4.41. The largest absolute Gasteiger partial charge is 0.457 e. The molecule has 158 valence electrons. The number of aromatic nitrogens is 4. The lowest BCUT2D eigenvalue weighted by molar-refractivity contribution is 0.0701. The lowest BCUT2D eigenvalue weighted by Crippen LogP contribution is -2.37. The Morgan fingerprint density at radius 2 is 1.84 bits per heavy atom. The van der Waals surface area contributed by atoms with Crippen molar-refractivity contribution in [1.29, 1.82) is 0 Å². The van der Waals surface area contributed by atoms with E-state index in [1.807, 2.05) is 0 Å². The molecule has 0 spiro atoms. The van der Waals surface area contributed by atoms with Crippen molar-refractivity contribution in [2.75, 3.05) is 5.43 Å². The molecule has 11 nitrogen and oxygen atoms in total. The van der Waals surface area contributed by atoms with Crippen LogP contribution in [0.1, 0.15) is 16.1 Å².